The first kappa shape index (κ1) is 21.1. The average molecular weight is 413 g/mol. The molecule has 0 bridgehead atoms. The summed E-state index contributed by atoms with van der Waals surface area (Å²) in [7, 11) is 1.64. The molecule has 0 spiro atoms. The largest absolute Gasteiger partial charge is 0.493 e. The molecule has 2 aliphatic rings. The van der Waals surface area contributed by atoms with Crippen LogP contribution >= 0.6 is 0 Å². The van der Waals surface area contributed by atoms with E-state index < -0.39 is 6.10 Å². The highest BCUT2D eigenvalue weighted by atomic mass is 16.7. The van der Waals surface area contributed by atoms with Crippen molar-refractivity contribution in [2.75, 3.05) is 46.5 Å². The van der Waals surface area contributed by atoms with Crippen molar-refractivity contribution in [3.8, 4) is 11.5 Å². The predicted molar refractivity (Wildman–Crippen MR) is 116 cm³/mol. The van der Waals surface area contributed by atoms with Crippen LogP contribution in [0.2, 0.25) is 0 Å². The second-order valence-corrected chi connectivity index (χ2v) is 8.07. The van der Waals surface area contributed by atoms with Gasteiger partial charge in [-0.2, -0.15) is 5.06 Å². The Morgan fingerprint density at radius 3 is 2.47 bits per heavy atom. The predicted octanol–water partition coefficient (Wildman–Crippen LogP) is 2.67. The zero-order valence-corrected chi connectivity index (χ0v) is 17.8. The fourth-order valence-corrected chi connectivity index (χ4v) is 4.19. The second-order valence-electron chi connectivity index (χ2n) is 8.07. The zero-order chi connectivity index (χ0) is 20.8. The third-order valence-electron chi connectivity index (χ3n) is 5.83. The molecule has 0 aromatic heterocycles. The number of nitrogens with zero attached hydrogens (tertiary/aromatic N) is 2. The number of hydroxylamine groups is 2. The molecule has 2 aliphatic heterocycles. The summed E-state index contributed by atoms with van der Waals surface area (Å²) in [5.41, 5.74) is 3.97. The molecular weight excluding hydrogens is 380 g/mol. The van der Waals surface area contributed by atoms with E-state index in [-0.39, 0.29) is 6.61 Å². The van der Waals surface area contributed by atoms with Crippen molar-refractivity contribution in [3.05, 3.63) is 59.2 Å². The first-order chi connectivity index (χ1) is 14.7. The Morgan fingerprint density at radius 1 is 1.03 bits per heavy atom. The number of β-amino-alcohol motifs (C(OH)–C–C–N with tert-alkyl or cyclic N) is 1. The van der Waals surface area contributed by atoms with Crippen LogP contribution in [0.3, 0.4) is 0 Å². The van der Waals surface area contributed by atoms with Crippen LogP contribution in [0.4, 0.5) is 0 Å². The molecule has 2 aromatic carbocycles. The van der Waals surface area contributed by atoms with E-state index in [4.69, 9.17) is 14.3 Å². The van der Waals surface area contributed by atoms with Gasteiger partial charge in [-0.3, -0.25) is 9.74 Å². The Morgan fingerprint density at radius 2 is 1.80 bits per heavy atom. The number of methoxy groups -OCH3 is 1. The van der Waals surface area contributed by atoms with Crippen LogP contribution in [0.25, 0.3) is 0 Å². The molecule has 1 unspecified atom stereocenters. The fraction of sp³-hybridized carbons (Fsp3) is 0.500. The normalized spacial score (nSPS) is 18.6. The maximum Gasteiger partial charge on any atom is 0.161 e. The lowest BCUT2D eigenvalue weighted by atomic mass is 10.0. The summed E-state index contributed by atoms with van der Waals surface area (Å²) in [6.45, 7) is 5.26. The van der Waals surface area contributed by atoms with Gasteiger partial charge in [-0.15, -0.1) is 0 Å². The van der Waals surface area contributed by atoms with Crippen LogP contribution in [0, 0.1) is 0 Å². The van der Waals surface area contributed by atoms with Crippen molar-refractivity contribution in [2.24, 2.45) is 0 Å². The number of fused-ring (bicyclic) bond motifs is 1. The van der Waals surface area contributed by atoms with Crippen molar-refractivity contribution in [1.82, 2.24) is 9.96 Å². The summed E-state index contributed by atoms with van der Waals surface area (Å²) in [6, 6.07) is 14.6. The van der Waals surface area contributed by atoms with Gasteiger partial charge < -0.3 is 14.6 Å². The van der Waals surface area contributed by atoms with Gasteiger partial charge in [-0.05, 0) is 48.1 Å². The average Bonchev–Trinajstić information content (AvgIpc) is 3.19. The van der Waals surface area contributed by atoms with Gasteiger partial charge in [0.2, 0.25) is 0 Å². The first-order valence-corrected chi connectivity index (χ1v) is 10.9. The Kier molecular flexibility index (Phi) is 7.23. The molecule has 1 fully saturated rings. The Labute approximate surface area is 178 Å². The summed E-state index contributed by atoms with van der Waals surface area (Å²) in [5, 5.41) is 12.5. The lowest BCUT2D eigenvalue weighted by molar-refractivity contribution is -0.117. The van der Waals surface area contributed by atoms with Gasteiger partial charge in [0.25, 0.3) is 0 Å². The van der Waals surface area contributed by atoms with Crippen molar-refractivity contribution in [3.63, 3.8) is 0 Å². The summed E-state index contributed by atoms with van der Waals surface area (Å²) in [4.78, 5) is 7.89. The van der Waals surface area contributed by atoms with Crippen LogP contribution in [0.5, 0.6) is 11.5 Å². The Bertz CT molecular complexity index is 796. The van der Waals surface area contributed by atoms with Crippen LogP contribution in [0.15, 0.2) is 42.5 Å². The lowest BCUT2D eigenvalue weighted by Gasteiger charge is -2.23. The number of rotatable bonds is 8. The molecular formula is C24H32N2O4. The van der Waals surface area contributed by atoms with E-state index in [1.54, 1.807) is 7.11 Å². The maximum atomic E-state index is 10.5. The van der Waals surface area contributed by atoms with E-state index >= 15 is 0 Å². The highest BCUT2D eigenvalue weighted by Crippen LogP contribution is 2.29. The number of hydrogen-bond acceptors (Lipinski definition) is 6. The monoisotopic (exact) mass is 412 g/mol. The maximum absolute atomic E-state index is 10.5. The van der Waals surface area contributed by atoms with Crippen molar-refractivity contribution in [1.29, 1.82) is 0 Å². The smallest absolute Gasteiger partial charge is 0.161 e. The highest BCUT2D eigenvalue weighted by Gasteiger charge is 2.18. The highest BCUT2D eigenvalue weighted by molar-refractivity contribution is 5.43. The van der Waals surface area contributed by atoms with E-state index in [0.717, 1.165) is 57.6 Å². The molecule has 0 saturated carbocycles. The van der Waals surface area contributed by atoms with E-state index in [1.807, 2.05) is 23.3 Å². The van der Waals surface area contributed by atoms with Crippen LogP contribution in [-0.2, 0) is 24.2 Å². The van der Waals surface area contributed by atoms with Gasteiger partial charge in [0.1, 0.15) is 12.7 Å². The molecule has 1 saturated heterocycles. The molecule has 1 N–H and O–H groups in total. The summed E-state index contributed by atoms with van der Waals surface area (Å²) in [5.74, 6) is 1.34. The second kappa shape index (κ2) is 10.3. The zero-order valence-electron chi connectivity index (χ0n) is 17.8. The number of aliphatic hydroxyl groups is 1. The molecule has 6 nitrogen and oxygen atoms in total. The van der Waals surface area contributed by atoms with E-state index in [0.29, 0.717) is 18.0 Å². The Hall–Kier alpha value is -2.12. The standard InChI is InChI=1S/C24H32N2O4/c1-28-24-15-19(16-26-11-4-14-30-26)7-8-23(24)29-18-22(27)17-25-12-9-20-5-2-3-6-21(20)10-13-25/h2-3,5-8,15,22,27H,4,9-14,16-18H2,1H3. The molecule has 1 atom stereocenters. The summed E-state index contributed by atoms with van der Waals surface area (Å²) < 4.78 is 11.4. The molecule has 0 amide bonds. The van der Waals surface area contributed by atoms with Crippen molar-refractivity contribution in [2.45, 2.75) is 31.9 Å². The number of hydrogen-bond donors (Lipinski definition) is 1. The van der Waals surface area contributed by atoms with E-state index in [9.17, 15) is 5.11 Å². The minimum Gasteiger partial charge on any atom is -0.493 e. The van der Waals surface area contributed by atoms with Gasteiger partial charge in [-0.1, -0.05) is 30.3 Å². The van der Waals surface area contributed by atoms with Crippen LogP contribution in [-0.4, -0.2) is 67.7 Å². The summed E-state index contributed by atoms with van der Waals surface area (Å²) >= 11 is 0. The first-order valence-electron chi connectivity index (χ1n) is 10.9. The minimum atomic E-state index is -0.548. The van der Waals surface area contributed by atoms with Crippen LogP contribution in [0.1, 0.15) is 23.1 Å². The topological polar surface area (TPSA) is 54.4 Å². The fourth-order valence-electron chi connectivity index (χ4n) is 4.19. The molecule has 0 aliphatic carbocycles. The van der Waals surface area contributed by atoms with Gasteiger partial charge >= 0.3 is 0 Å². The quantitative estimate of drug-likeness (QED) is 0.720. The number of aliphatic hydroxyl groups excluding tert-OH is 1. The van der Waals surface area contributed by atoms with Crippen molar-refractivity contribution >= 4 is 0 Å². The summed E-state index contributed by atoms with van der Waals surface area (Å²) in [6.07, 6.45) is 2.58. The molecule has 0 radical (unpaired) electrons. The molecule has 2 heterocycles. The lowest BCUT2D eigenvalue weighted by Crippen LogP contribution is -2.37. The van der Waals surface area contributed by atoms with Crippen LogP contribution < -0.4 is 9.47 Å². The molecule has 2 aromatic rings. The number of ether oxygens (including phenoxy) is 2. The number of benzene rings is 2. The van der Waals surface area contributed by atoms with Gasteiger partial charge in [0.05, 0.1) is 13.7 Å². The SMILES string of the molecule is COc1cc(CN2CCCO2)ccc1OCC(O)CN1CCc2ccccc2CC1. The molecule has 30 heavy (non-hydrogen) atoms. The van der Waals surface area contributed by atoms with Gasteiger partial charge in [0, 0.05) is 32.7 Å². The Balaban J connectivity index is 1.27. The molecule has 6 heteroatoms. The van der Waals surface area contributed by atoms with Crippen molar-refractivity contribution < 1.29 is 19.4 Å². The minimum absolute atomic E-state index is 0.244. The third-order valence-corrected chi connectivity index (χ3v) is 5.83. The van der Waals surface area contributed by atoms with E-state index in [2.05, 4.69) is 29.2 Å². The molecule has 4 rings (SSSR count). The van der Waals surface area contributed by atoms with Gasteiger partial charge in [0.15, 0.2) is 11.5 Å². The molecule has 162 valence electrons. The van der Waals surface area contributed by atoms with Gasteiger partial charge in [-0.25, -0.2) is 0 Å². The van der Waals surface area contributed by atoms with E-state index in [1.165, 1.54) is 11.1 Å². The third kappa shape index (κ3) is 5.52.